The number of hydrogen-bond donors (Lipinski definition) is 2. The summed E-state index contributed by atoms with van der Waals surface area (Å²) in [6.45, 7) is 3.80. The number of carbonyl (C=O) groups is 1. The van der Waals surface area contributed by atoms with Crippen molar-refractivity contribution in [2.75, 3.05) is 6.61 Å². The molecular formula is C13H19N3O4. The van der Waals surface area contributed by atoms with Gasteiger partial charge in [0.1, 0.15) is 0 Å². The predicted molar refractivity (Wildman–Crippen MR) is 74.4 cm³/mol. The summed E-state index contributed by atoms with van der Waals surface area (Å²) in [7, 11) is 0. The first-order chi connectivity index (χ1) is 9.47. The Morgan fingerprint density at radius 2 is 2.25 bits per heavy atom. The Balaban J connectivity index is 2.75. The van der Waals surface area contributed by atoms with E-state index in [1.807, 2.05) is 13.8 Å². The molecule has 1 amide bonds. The van der Waals surface area contributed by atoms with Crippen LogP contribution in [0.3, 0.4) is 0 Å². The zero-order valence-electron chi connectivity index (χ0n) is 11.6. The van der Waals surface area contributed by atoms with E-state index in [-0.39, 0.29) is 36.5 Å². The molecule has 0 aliphatic carbocycles. The first-order valence-electron chi connectivity index (χ1n) is 6.37. The molecule has 1 aromatic carbocycles. The van der Waals surface area contributed by atoms with Crippen molar-refractivity contribution in [2.24, 2.45) is 5.73 Å². The second-order valence-electron chi connectivity index (χ2n) is 4.43. The van der Waals surface area contributed by atoms with Gasteiger partial charge < -0.3 is 15.8 Å². The molecule has 1 rings (SSSR count). The van der Waals surface area contributed by atoms with Crippen LogP contribution in [-0.2, 0) is 11.3 Å². The summed E-state index contributed by atoms with van der Waals surface area (Å²) in [4.78, 5) is 21.9. The Hall–Kier alpha value is -2.15. The highest BCUT2D eigenvalue weighted by molar-refractivity contribution is 5.78. The van der Waals surface area contributed by atoms with Gasteiger partial charge in [0.15, 0.2) is 12.4 Å². The molecule has 0 fully saturated rings. The molecule has 20 heavy (non-hydrogen) atoms. The summed E-state index contributed by atoms with van der Waals surface area (Å²) in [6.07, 6.45) is 0.800. The third-order valence-electron chi connectivity index (χ3n) is 2.84. The molecule has 0 bridgehead atoms. The summed E-state index contributed by atoms with van der Waals surface area (Å²) in [5.74, 6) is -0.260. The lowest BCUT2D eigenvalue weighted by Gasteiger charge is -2.12. The Bertz CT molecular complexity index is 491. The van der Waals surface area contributed by atoms with Gasteiger partial charge in [-0.3, -0.25) is 14.9 Å². The van der Waals surface area contributed by atoms with Crippen LogP contribution in [0.2, 0.25) is 0 Å². The fourth-order valence-electron chi connectivity index (χ4n) is 1.51. The van der Waals surface area contributed by atoms with E-state index in [2.05, 4.69) is 5.32 Å². The predicted octanol–water partition coefficient (Wildman–Crippen LogP) is 1.35. The molecule has 0 aromatic heterocycles. The van der Waals surface area contributed by atoms with Crippen LogP contribution in [0, 0.1) is 10.1 Å². The number of ether oxygens (including phenoxy) is 1. The lowest BCUT2D eigenvalue weighted by atomic mass is 10.2. The molecule has 1 atom stereocenters. The normalized spacial score (nSPS) is 11.8. The molecule has 1 unspecified atom stereocenters. The molecule has 7 nitrogen and oxygen atoms in total. The van der Waals surface area contributed by atoms with Crippen LogP contribution in [0.15, 0.2) is 18.2 Å². The Kier molecular flexibility index (Phi) is 5.92. The minimum Gasteiger partial charge on any atom is -0.477 e. The van der Waals surface area contributed by atoms with Crippen LogP contribution in [0.5, 0.6) is 5.75 Å². The number of nitrogens with two attached hydrogens (primary N) is 1. The molecule has 0 saturated heterocycles. The average molecular weight is 281 g/mol. The van der Waals surface area contributed by atoms with Crippen LogP contribution < -0.4 is 15.8 Å². The standard InChI is InChI=1S/C13H19N3O4/c1-3-9(2)15-13(17)8-20-12-6-10(7-14)4-5-11(12)16(18)19/h4-6,9H,3,7-8,14H2,1-2H3,(H,15,17). The molecular weight excluding hydrogens is 262 g/mol. The SMILES string of the molecule is CCC(C)NC(=O)COc1cc(CN)ccc1[N+](=O)[O-]. The molecule has 3 N–H and O–H groups in total. The second kappa shape index (κ2) is 7.44. The lowest BCUT2D eigenvalue weighted by Crippen LogP contribution is -2.35. The molecule has 1 aromatic rings. The largest absolute Gasteiger partial charge is 0.477 e. The summed E-state index contributed by atoms with van der Waals surface area (Å²) in [5, 5.41) is 13.6. The van der Waals surface area contributed by atoms with Gasteiger partial charge in [0.25, 0.3) is 5.91 Å². The van der Waals surface area contributed by atoms with Gasteiger partial charge in [0, 0.05) is 18.7 Å². The van der Waals surface area contributed by atoms with Gasteiger partial charge in [0.2, 0.25) is 0 Å². The monoisotopic (exact) mass is 281 g/mol. The Morgan fingerprint density at radius 1 is 1.55 bits per heavy atom. The fraction of sp³-hybridized carbons (Fsp3) is 0.462. The van der Waals surface area contributed by atoms with Gasteiger partial charge in [-0.05, 0) is 25.0 Å². The minimum atomic E-state index is -0.553. The zero-order valence-corrected chi connectivity index (χ0v) is 11.6. The zero-order chi connectivity index (χ0) is 15.1. The van der Waals surface area contributed by atoms with Crippen LogP contribution in [0.25, 0.3) is 0 Å². The van der Waals surface area contributed by atoms with Gasteiger partial charge in [-0.2, -0.15) is 0 Å². The van der Waals surface area contributed by atoms with Crippen molar-refractivity contribution in [3.8, 4) is 5.75 Å². The Morgan fingerprint density at radius 3 is 2.80 bits per heavy atom. The van der Waals surface area contributed by atoms with E-state index >= 15 is 0 Å². The number of carbonyl (C=O) groups excluding carboxylic acids is 1. The number of nitrogens with one attached hydrogen (secondary N) is 1. The van der Waals surface area contributed by atoms with Crippen molar-refractivity contribution in [1.82, 2.24) is 5.32 Å². The van der Waals surface area contributed by atoms with Gasteiger partial charge in [-0.1, -0.05) is 13.0 Å². The first-order valence-corrected chi connectivity index (χ1v) is 6.37. The van der Waals surface area contributed by atoms with Crippen molar-refractivity contribution >= 4 is 11.6 Å². The van der Waals surface area contributed by atoms with Crippen molar-refractivity contribution in [3.63, 3.8) is 0 Å². The smallest absolute Gasteiger partial charge is 0.310 e. The van der Waals surface area contributed by atoms with E-state index in [0.29, 0.717) is 5.56 Å². The third kappa shape index (κ3) is 4.51. The van der Waals surface area contributed by atoms with Crippen molar-refractivity contribution in [1.29, 1.82) is 0 Å². The van der Waals surface area contributed by atoms with Crippen molar-refractivity contribution in [2.45, 2.75) is 32.9 Å². The van der Waals surface area contributed by atoms with Gasteiger partial charge in [-0.25, -0.2) is 0 Å². The molecule has 0 aliphatic rings. The van der Waals surface area contributed by atoms with Gasteiger partial charge >= 0.3 is 5.69 Å². The number of nitro groups is 1. The highest BCUT2D eigenvalue weighted by Gasteiger charge is 2.17. The lowest BCUT2D eigenvalue weighted by molar-refractivity contribution is -0.385. The number of rotatable bonds is 7. The van der Waals surface area contributed by atoms with Crippen molar-refractivity contribution < 1.29 is 14.5 Å². The summed E-state index contributed by atoms with van der Waals surface area (Å²) >= 11 is 0. The number of amides is 1. The van der Waals surface area contributed by atoms with Crippen LogP contribution in [-0.4, -0.2) is 23.5 Å². The minimum absolute atomic E-state index is 0.0384. The molecule has 0 spiro atoms. The average Bonchev–Trinajstić information content (AvgIpc) is 2.44. The van der Waals surface area contributed by atoms with E-state index in [9.17, 15) is 14.9 Å². The molecule has 0 aliphatic heterocycles. The Labute approximate surface area is 117 Å². The van der Waals surface area contributed by atoms with E-state index in [1.165, 1.54) is 12.1 Å². The maximum atomic E-state index is 11.6. The highest BCUT2D eigenvalue weighted by Crippen LogP contribution is 2.27. The van der Waals surface area contributed by atoms with Gasteiger partial charge in [-0.15, -0.1) is 0 Å². The van der Waals surface area contributed by atoms with Crippen LogP contribution >= 0.6 is 0 Å². The van der Waals surface area contributed by atoms with Crippen molar-refractivity contribution in [3.05, 3.63) is 33.9 Å². The van der Waals surface area contributed by atoms with E-state index < -0.39 is 4.92 Å². The molecule has 0 radical (unpaired) electrons. The molecule has 7 heteroatoms. The molecule has 110 valence electrons. The quantitative estimate of drug-likeness (QED) is 0.579. The third-order valence-corrected chi connectivity index (χ3v) is 2.84. The number of hydrogen-bond acceptors (Lipinski definition) is 5. The molecule has 0 saturated carbocycles. The van der Waals surface area contributed by atoms with E-state index in [1.54, 1.807) is 6.07 Å². The summed E-state index contributed by atoms with van der Waals surface area (Å²) in [6, 6.07) is 4.40. The summed E-state index contributed by atoms with van der Waals surface area (Å²) in [5.41, 5.74) is 6.00. The fourth-order valence-corrected chi connectivity index (χ4v) is 1.51. The van der Waals surface area contributed by atoms with Crippen LogP contribution in [0.4, 0.5) is 5.69 Å². The maximum Gasteiger partial charge on any atom is 0.310 e. The highest BCUT2D eigenvalue weighted by atomic mass is 16.6. The van der Waals surface area contributed by atoms with Gasteiger partial charge in [0.05, 0.1) is 4.92 Å². The molecule has 0 heterocycles. The topological polar surface area (TPSA) is 107 Å². The number of benzene rings is 1. The second-order valence-corrected chi connectivity index (χ2v) is 4.43. The first kappa shape index (κ1) is 15.9. The number of nitrogens with zero attached hydrogens (tertiary/aromatic N) is 1. The van der Waals surface area contributed by atoms with E-state index in [0.717, 1.165) is 6.42 Å². The van der Waals surface area contributed by atoms with Crippen LogP contribution in [0.1, 0.15) is 25.8 Å². The number of nitro benzene ring substituents is 1. The van der Waals surface area contributed by atoms with E-state index in [4.69, 9.17) is 10.5 Å². The summed E-state index contributed by atoms with van der Waals surface area (Å²) < 4.78 is 5.24. The maximum absolute atomic E-state index is 11.6.